The van der Waals surface area contributed by atoms with Gasteiger partial charge >= 0.3 is 5.97 Å². The molecule has 0 unspecified atom stereocenters. The maximum atomic E-state index is 14.2. The van der Waals surface area contributed by atoms with E-state index in [1.54, 1.807) is 4.90 Å². The number of carbonyl (C=O) groups excluding carboxylic acids is 1. The number of aliphatic hydroxyl groups excluding tert-OH is 1. The van der Waals surface area contributed by atoms with Crippen LogP contribution in [0.5, 0.6) is 0 Å². The third-order valence-electron chi connectivity index (χ3n) is 3.78. The largest absolute Gasteiger partial charge is 0.465 e. The fourth-order valence-corrected chi connectivity index (χ4v) is 2.67. The van der Waals surface area contributed by atoms with Crippen LogP contribution in [0.1, 0.15) is 22.0 Å². The van der Waals surface area contributed by atoms with E-state index in [-0.39, 0.29) is 12.4 Å². The fraction of sp³-hybridized carbons (Fsp3) is 0.533. The van der Waals surface area contributed by atoms with Gasteiger partial charge in [0.1, 0.15) is 12.6 Å². The lowest BCUT2D eigenvalue weighted by atomic mass is 9.97. The number of halogens is 3. The van der Waals surface area contributed by atoms with Crippen LogP contribution < -0.4 is 5.32 Å². The molecule has 0 amide bonds. The molecule has 1 aliphatic heterocycles. The van der Waals surface area contributed by atoms with Gasteiger partial charge in [-0.05, 0) is 17.7 Å². The van der Waals surface area contributed by atoms with Crippen molar-refractivity contribution in [3.8, 4) is 0 Å². The second kappa shape index (κ2) is 8.54. The molecule has 1 fully saturated rings. The third kappa shape index (κ3) is 4.60. The van der Waals surface area contributed by atoms with Gasteiger partial charge in [-0.2, -0.15) is 0 Å². The number of rotatable bonds is 5. The first-order chi connectivity index (χ1) is 10.5. The number of nitrogens with zero attached hydrogens (tertiary/aromatic N) is 1. The van der Waals surface area contributed by atoms with Crippen molar-refractivity contribution >= 4 is 18.4 Å². The summed E-state index contributed by atoms with van der Waals surface area (Å²) in [6.45, 7) is 0.967. The van der Waals surface area contributed by atoms with E-state index >= 15 is 0 Å². The Morgan fingerprint density at radius 2 is 1.91 bits per heavy atom. The van der Waals surface area contributed by atoms with Crippen molar-refractivity contribution in [1.82, 2.24) is 10.2 Å². The predicted octanol–water partition coefficient (Wildman–Crippen LogP) is 1.47. The second-order valence-electron chi connectivity index (χ2n) is 5.22. The van der Waals surface area contributed by atoms with Gasteiger partial charge in [0.25, 0.3) is 5.92 Å². The van der Waals surface area contributed by atoms with Crippen LogP contribution in [-0.2, 0) is 4.74 Å². The molecule has 1 aliphatic rings. The first-order valence-electron chi connectivity index (χ1n) is 7.11. The summed E-state index contributed by atoms with van der Waals surface area (Å²) in [6.07, 6.45) is 0. The smallest absolute Gasteiger partial charge is 0.337 e. The van der Waals surface area contributed by atoms with Gasteiger partial charge < -0.3 is 15.2 Å². The minimum Gasteiger partial charge on any atom is -0.465 e. The number of esters is 1. The first-order valence-corrected chi connectivity index (χ1v) is 7.11. The van der Waals surface area contributed by atoms with Gasteiger partial charge in [-0.15, -0.1) is 12.4 Å². The number of hydrogen-bond acceptors (Lipinski definition) is 5. The molecular formula is C15H21ClF2N2O3. The van der Waals surface area contributed by atoms with Crippen molar-refractivity contribution in [2.24, 2.45) is 0 Å². The summed E-state index contributed by atoms with van der Waals surface area (Å²) >= 11 is 0. The number of alkyl halides is 2. The van der Waals surface area contributed by atoms with Crippen LogP contribution in [0, 0.1) is 0 Å². The molecule has 0 radical (unpaired) electrons. The molecular weight excluding hydrogens is 330 g/mol. The number of aliphatic hydroxyl groups is 1. The van der Waals surface area contributed by atoms with Gasteiger partial charge in [0.15, 0.2) is 0 Å². The number of methoxy groups -OCH3 is 1. The molecule has 23 heavy (non-hydrogen) atoms. The van der Waals surface area contributed by atoms with Crippen molar-refractivity contribution in [3.05, 3.63) is 35.4 Å². The van der Waals surface area contributed by atoms with Crippen LogP contribution in [0.15, 0.2) is 24.3 Å². The Morgan fingerprint density at radius 3 is 2.39 bits per heavy atom. The summed E-state index contributed by atoms with van der Waals surface area (Å²) in [6, 6.07) is 4.69. The minimum atomic E-state index is -3.26. The van der Waals surface area contributed by atoms with Gasteiger partial charge in [-0.1, -0.05) is 12.1 Å². The quantitative estimate of drug-likeness (QED) is 0.787. The molecule has 1 saturated heterocycles. The molecule has 0 bridgehead atoms. The molecule has 1 heterocycles. The third-order valence-corrected chi connectivity index (χ3v) is 3.78. The zero-order valence-electron chi connectivity index (χ0n) is 12.8. The van der Waals surface area contributed by atoms with Crippen LogP contribution in [0.2, 0.25) is 0 Å². The van der Waals surface area contributed by atoms with Gasteiger partial charge in [0.2, 0.25) is 0 Å². The first kappa shape index (κ1) is 19.8. The predicted molar refractivity (Wildman–Crippen MR) is 84.2 cm³/mol. The molecule has 0 spiro atoms. The Labute approximate surface area is 140 Å². The zero-order valence-corrected chi connectivity index (χ0v) is 13.6. The van der Waals surface area contributed by atoms with Crippen molar-refractivity contribution < 1.29 is 23.4 Å². The Kier molecular flexibility index (Phi) is 7.34. The van der Waals surface area contributed by atoms with Crippen molar-refractivity contribution in [3.63, 3.8) is 0 Å². The van der Waals surface area contributed by atoms with Crippen LogP contribution in [0.25, 0.3) is 0 Å². The summed E-state index contributed by atoms with van der Waals surface area (Å²) in [5, 5.41) is 12.2. The second-order valence-corrected chi connectivity index (χ2v) is 5.22. The normalized spacial score (nSPS) is 17.2. The van der Waals surface area contributed by atoms with Gasteiger partial charge in [-0.3, -0.25) is 4.90 Å². The highest BCUT2D eigenvalue weighted by Gasteiger charge is 2.43. The van der Waals surface area contributed by atoms with Crippen molar-refractivity contribution in [1.29, 1.82) is 0 Å². The SMILES string of the molecule is COC(=O)c1ccc([C@@H](N2CCNCC2)C(F)(F)CO)cc1.Cl. The average molecular weight is 351 g/mol. The highest BCUT2D eigenvalue weighted by molar-refractivity contribution is 5.89. The maximum Gasteiger partial charge on any atom is 0.337 e. The molecule has 130 valence electrons. The average Bonchev–Trinajstić information content (AvgIpc) is 2.56. The van der Waals surface area contributed by atoms with Crippen LogP contribution in [-0.4, -0.2) is 61.8 Å². The summed E-state index contributed by atoms with van der Waals surface area (Å²) < 4.78 is 33.0. The van der Waals surface area contributed by atoms with E-state index in [1.165, 1.54) is 31.4 Å². The van der Waals surface area contributed by atoms with Crippen LogP contribution in [0.3, 0.4) is 0 Å². The molecule has 8 heteroatoms. The number of carbonyl (C=O) groups is 1. The molecule has 0 aromatic heterocycles. The van der Waals surface area contributed by atoms with E-state index in [0.717, 1.165) is 0 Å². The lowest BCUT2D eigenvalue weighted by Crippen LogP contribution is -2.51. The monoisotopic (exact) mass is 350 g/mol. The molecule has 0 saturated carbocycles. The molecule has 1 aromatic rings. The molecule has 1 atom stereocenters. The highest BCUT2D eigenvalue weighted by Crippen LogP contribution is 2.36. The van der Waals surface area contributed by atoms with Crippen LogP contribution in [0.4, 0.5) is 8.78 Å². The fourth-order valence-electron chi connectivity index (χ4n) is 2.67. The zero-order chi connectivity index (χ0) is 16.2. The topological polar surface area (TPSA) is 61.8 Å². The Bertz CT molecular complexity index is 508. The summed E-state index contributed by atoms with van der Waals surface area (Å²) in [7, 11) is 1.26. The van der Waals surface area contributed by atoms with E-state index < -0.39 is 24.5 Å². The Balaban J connectivity index is 0.00000264. The number of hydrogen-bond donors (Lipinski definition) is 2. The van der Waals surface area contributed by atoms with Gasteiger partial charge in [0.05, 0.1) is 12.7 Å². The van der Waals surface area contributed by atoms with Crippen LogP contribution >= 0.6 is 12.4 Å². The molecule has 5 nitrogen and oxygen atoms in total. The van der Waals surface area contributed by atoms with E-state index in [9.17, 15) is 13.6 Å². The minimum absolute atomic E-state index is 0. The number of benzene rings is 1. The summed E-state index contributed by atoms with van der Waals surface area (Å²) in [5.41, 5.74) is 0.672. The number of ether oxygens (including phenoxy) is 1. The van der Waals surface area contributed by atoms with Crippen molar-refractivity contribution in [2.75, 3.05) is 39.9 Å². The summed E-state index contributed by atoms with van der Waals surface area (Å²) in [4.78, 5) is 13.1. The van der Waals surface area contributed by atoms with E-state index in [2.05, 4.69) is 10.1 Å². The van der Waals surface area contributed by atoms with E-state index in [4.69, 9.17) is 5.11 Å². The van der Waals surface area contributed by atoms with Crippen molar-refractivity contribution in [2.45, 2.75) is 12.0 Å². The van der Waals surface area contributed by atoms with Gasteiger partial charge in [0, 0.05) is 26.2 Å². The number of nitrogens with one attached hydrogen (secondary N) is 1. The summed E-state index contributed by atoms with van der Waals surface area (Å²) in [5.74, 6) is -3.77. The highest BCUT2D eigenvalue weighted by atomic mass is 35.5. The Morgan fingerprint density at radius 1 is 1.35 bits per heavy atom. The number of piperazine rings is 1. The lowest BCUT2D eigenvalue weighted by Gasteiger charge is -2.38. The molecule has 0 aliphatic carbocycles. The van der Waals surface area contributed by atoms with E-state index in [0.29, 0.717) is 37.3 Å². The molecule has 2 N–H and O–H groups in total. The maximum absolute atomic E-state index is 14.2. The molecule has 2 rings (SSSR count). The lowest BCUT2D eigenvalue weighted by molar-refractivity contribution is -0.118. The van der Waals surface area contributed by atoms with Gasteiger partial charge in [-0.25, -0.2) is 13.6 Å². The Hall–Kier alpha value is -1.28. The standard InChI is InChI=1S/C15H20F2N2O3.ClH/c1-22-14(21)12-4-2-11(3-5-12)13(15(16,17)10-20)19-8-6-18-7-9-19;/h2-5,13,18,20H,6-10H2,1H3;1H/t13-;/m1./s1. The molecule has 1 aromatic carbocycles. The van der Waals surface area contributed by atoms with E-state index in [1.807, 2.05) is 0 Å².